The standard InChI is InChI=1S/C4H8N4O/c5-8-7-2-4-1-6-3-9-4/h4,6H,1-3H2. The number of hydrogen-bond acceptors (Lipinski definition) is 3. The third kappa shape index (κ3) is 1.89. The maximum absolute atomic E-state index is 7.91. The molecule has 0 aromatic rings. The van der Waals surface area contributed by atoms with Gasteiger partial charge in [0.25, 0.3) is 0 Å². The van der Waals surface area contributed by atoms with E-state index in [1.807, 2.05) is 0 Å². The second-order valence-electron chi connectivity index (χ2n) is 1.80. The molecule has 5 nitrogen and oxygen atoms in total. The number of nitrogens with one attached hydrogen (secondary N) is 1. The lowest BCUT2D eigenvalue weighted by molar-refractivity contribution is 0.119. The van der Waals surface area contributed by atoms with Crippen LogP contribution < -0.4 is 5.32 Å². The second kappa shape index (κ2) is 3.29. The van der Waals surface area contributed by atoms with Crippen molar-refractivity contribution in [3.8, 4) is 0 Å². The fraction of sp³-hybridized carbons (Fsp3) is 1.00. The fourth-order valence-corrected chi connectivity index (χ4v) is 0.700. The van der Waals surface area contributed by atoms with E-state index in [-0.39, 0.29) is 6.10 Å². The zero-order valence-corrected chi connectivity index (χ0v) is 4.95. The summed E-state index contributed by atoms with van der Waals surface area (Å²) in [6.07, 6.45) is 0.0842. The van der Waals surface area contributed by atoms with Gasteiger partial charge in [-0.15, -0.1) is 0 Å². The van der Waals surface area contributed by atoms with E-state index in [4.69, 9.17) is 10.3 Å². The minimum atomic E-state index is 0.0842. The summed E-state index contributed by atoms with van der Waals surface area (Å²) in [7, 11) is 0. The number of hydrogen-bond donors (Lipinski definition) is 1. The lowest BCUT2D eigenvalue weighted by atomic mass is 10.4. The first-order valence-corrected chi connectivity index (χ1v) is 2.76. The molecule has 1 rings (SSSR count). The Morgan fingerprint density at radius 2 is 2.78 bits per heavy atom. The van der Waals surface area contributed by atoms with Gasteiger partial charge in [-0.1, -0.05) is 5.11 Å². The Bertz CT molecular complexity index is 125. The third-order valence-corrected chi connectivity index (χ3v) is 1.14. The lowest BCUT2D eigenvalue weighted by Crippen LogP contribution is -2.16. The maximum atomic E-state index is 7.91. The number of rotatable bonds is 2. The molecule has 1 fully saturated rings. The predicted octanol–water partition coefficient (Wildman–Crippen LogP) is 0.243. The Morgan fingerprint density at radius 3 is 3.33 bits per heavy atom. The van der Waals surface area contributed by atoms with Crippen molar-refractivity contribution < 1.29 is 4.74 Å². The Kier molecular flexibility index (Phi) is 2.32. The highest BCUT2D eigenvalue weighted by molar-refractivity contribution is 4.68. The first-order chi connectivity index (χ1) is 4.43. The molecule has 1 heterocycles. The van der Waals surface area contributed by atoms with Crippen molar-refractivity contribution in [2.75, 3.05) is 19.8 Å². The first-order valence-electron chi connectivity index (χ1n) is 2.76. The molecule has 0 aliphatic carbocycles. The van der Waals surface area contributed by atoms with Gasteiger partial charge in [0, 0.05) is 11.5 Å². The van der Waals surface area contributed by atoms with Crippen LogP contribution in [-0.4, -0.2) is 25.9 Å². The third-order valence-electron chi connectivity index (χ3n) is 1.14. The van der Waals surface area contributed by atoms with Crippen molar-refractivity contribution in [3.05, 3.63) is 10.4 Å². The lowest BCUT2D eigenvalue weighted by Gasteiger charge is -1.99. The molecule has 1 aliphatic rings. The van der Waals surface area contributed by atoms with Crippen molar-refractivity contribution >= 4 is 0 Å². The molecule has 0 radical (unpaired) electrons. The molecule has 0 aromatic heterocycles. The van der Waals surface area contributed by atoms with Crippen LogP contribution in [0.25, 0.3) is 10.4 Å². The van der Waals surface area contributed by atoms with E-state index in [9.17, 15) is 0 Å². The average molecular weight is 128 g/mol. The summed E-state index contributed by atoms with van der Waals surface area (Å²) in [4.78, 5) is 2.62. The molecule has 0 saturated carbocycles. The molecule has 0 amide bonds. The van der Waals surface area contributed by atoms with E-state index in [1.165, 1.54) is 0 Å². The van der Waals surface area contributed by atoms with Gasteiger partial charge in [0.15, 0.2) is 0 Å². The summed E-state index contributed by atoms with van der Waals surface area (Å²) in [5, 5.41) is 6.35. The molecular formula is C4H8N4O. The SMILES string of the molecule is [N-]=[N+]=NCC1CNCO1. The molecule has 1 unspecified atom stereocenters. The van der Waals surface area contributed by atoms with Crippen molar-refractivity contribution in [1.82, 2.24) is 5.32 Å². The topological polar surface area (TPSA) is 70.0 Å². The van der Waals surface area contributed by atoms with Gasteiger partial charge >= 0.3 is 0 Å². The summed E-state index contributed by atoms with van der Waals surface area (Å²) in [6, 6.07) is 0. The van der Waals surface area contributed by atoms with Crippen molar-refractivity contribution in [2.45, 2.75) is 6.10 Å². The first kappa shape index (κ1) is 6.35. The highest BCUT2D eigenvalue weighted by Crippen LogP contribution is 1.96. The summed E-state index contributed by atoms with van der Waals surface area (Å²) in [6.45, 7) is 1.80. The minimum Gasteiger partial charge on any atom is -0.362 e. The van der Waals surface area contributed by atoms with E-state index in [0.717, 1.165) is 6.54 Å². The van der Waals surface area contributed by atoms with Gasteiger partial charge in [-0.2, -0.15) is 0 Å². The van der Waals surface area contributed by atoms with Crippen LogP contribution in [0, 0.1) is 0 Å². The summed E-state index contributed by atoms with van der Waals surface area (Å²) in [5.41, 5.74) is 7.91. The summed E-state index contributed by atoms with van der Waals surface area (Å²) in [5.74, 6) is 0. The van der Waals surface area contributed by atoms with E-state index in [0.29, 0.717) is 13.3 Å². The van der Waals surface area contributed by atoms with Gasteiger partial charge < -0.3 is 4.74 Å². The Balaban J connectivity index is 2.18. The molecule has 1 N–H and O–H groups in total. The fourth-order valence-electron chi connectivity index (χ4n) is 0.700. The highest BCUT2D eigenvalue weighted by Gasteiger charge is 2.12. The molecule has 1 atom stereocenters. The van der Waals surface area contributed by atoms with Crippen LogP contribution >= 0.6 is 0 Å². The second-order valence-corrected chi connectivity index (χ2v) is 1.80. The van der Waals surface area contributed by atoms with E-state index in [1.54, 1.807) is 0 Å². The molecule has 0 aromatic carbocycles. The molecule has 50 valence electrons. The monoisotopic (exact) mass is 128 g/mol. The maximum Gasteiger partial charge on any atom is 0.0970 e. The predicted molar refractivity (Wildman–Crippen MR) is 31.8 cm³/mol. The van der Waals surface area contributed by atoms with Crippen molar-refractivity contribution in [3.63, 3.8) is 0 Å². The molecule has 9 heavy (non-hydrogen) atoms. The smallest absolute Gasteiger partial charge is 0.0970 e. The van der Waals surface area contributed by atoms with E-state index < -0.39 is 0 Å². The Hall–Kier alpha value is -0.770. The van der Waals surface area contributed by atoms with E-state index >= 15 is 0 Å². The molecule has 0 spiro atoms. The minimum absolute atomic E-state index is 0.0842. The van der Waals surface area contributed by atoms with Gasteiger partial charge in [-0.3, -0.25) is 5.32 Å². The highest BCUT2D eigenvalue weighted by atomic mass is 16.5. The van der Waals surface area contributed by atoms with Crippen LogP contribution in [0.4, 0.5) is 0 Å². The van der Waals surface area contributed by atoms with Crippen molar-refractivity contribution in [2.24, 2.45) is 5.11 Å². The van der Waals surface area contributed by atoms with Gasteiger partial charge in [-0.05, 0) is 5.53 Å². The number of ether oxygens (including phenoxy) is 1. The molecule has 5 heteroatoms. The number of azide groups is 1. The normalized spacial score (nSPS) is 25.6. The van der Waals surface area contributed by atoms with Gasteiger partial charge in [0.1, 0.15) is 0 Å². The van der Waals surface area contributed by atoms with Crippen LogP contribution in [0.15, 0.2) is 5.11 Å². The quantitative estimate of drug-likeness (QED) is 0.329. The summed E-state index contributed by atoms with van der Waals surface area (Å²) < 4.78 is 5.08. The van der Waals surface area contributed by atoms with Crippen LogP contribution in [0.1, 0.15) is 0 Å². The zero-order chi connectivity index (χ0) is 6.53. The summed E-state index contributed by atoms with van der Waals surface area (Å²) >= 11 is 0. The molecule has 1 saturated heterocycles. The van der Waals surface area contributed by atoms with Gasteiger partial charge in [0.2, 0.25) is 0 Å². The zero-order valence-electron chi connectivity index (χ0n) is 4.95. The van der Waals surface area contributed by atoms with E-state index in [2.05, 4.69) is 15.3 Å². The molecule has 0 bridgehead atoms. The van der Waals surface area contributed by atoms with Gasteiger partial charge in [-0.25, -0.2) is 0 Å². The Morgan fingerprint density at radius 1 is 1.89 bits per heavy atom. The van der Waals surface area contributed by atoms with Crippen LogP contribution in [-0.2, 0) is 4.74 Å². The van der Waals surface area contributed by atoms with Crippen molar-refractivity contribution in [1.29, 1.82) is 0 Å². The Labute approximate surface area is 52.6 Å². The van der Waals surface area contributed by atoms with Crippen LogP contribution in [0.2, 0.25) is 0 Å². The number of nitrogens with zero attached hydrogens (tertiary/aromatic N) is 3. The molecular weight excluding hydrogens is 120 g/mol. The average Bonchev–Trinajstić information content (AvgIpc) is 2.34. The van der Waals surface area contributed by atoms with Crippen LogP contribution in [0.3, 0.4) is 0 Å². The van der Waals surface area contributed by atoms with Crippen LogP contribution in [0.5, 0.6) is 0 Å². The largest absolute Gasteiger partial charge is 0.362 e. The molecule has 1 aliphatic heterocycles. The van der Waals surface area contributed by atoms with Gasteiger partial charge in [0.05, 0.1) is 19.4 Å².